The van der Waals surface area contributed by atoms with Crippen molar-refractivity contribution in [3.63, 3.8) is 0 Å². The molecule has 0 aliphatic heterocycles. The third kappa shape index (κ3) is 10.6. The highest BCUT2D eigenvalue weighted by molar-refractivity contribution is 9.07. The molecule has 56 valence electrons. The van der Waals surface area contributed by atoms with Gasteiger partial charge in [0.15, 0.2) is 0 Å². The number of benzene rings is 1. The molecule has 0 aliphatic carbocycles. The molecular formula is C8H12BrN. The van der Waals surface area contributed by atoms with E-state index >= 15 is 0 Å². The monoisotopic (exact) mass is 201 g/mol. The smallest absolute Gasteiger partial charge is 0.0114 e. The third-order valence-electron chi connectivity index (χ3n) is 0.667. The van der Waals surface area contributed by atoms with Crippen LogP contribution < -0.4 is 0 Å². The summed E-state index contributed by atoms with van der Waals surface area (Å²) in [7, 11) is 3.83. The van der Waals surface area contributed by atoms with Gasteiger partial charge in [-0.25, -0.2) is 3.93 Å². The van der Waals surface area contributed by atoms with Gasteiger partial charge < -0.3 is 0 Å². The summed E-state index contributed by atoms with van der Waals surface area (Å²) in [4.78, 5) is 0. The van der Waals surface area contributed by atoms with Crippen molar-refractivity contribution in [2.24, 2.45) is 0 Å². The van der Waals surface area contributed by atoms with Gasteiger partial charge in [-0.1, -0.05) is 36.4 Å². The predicted octanol–water partition coefficient (Wildman–Crippen LogP) is 2.54. The van der Waals surface area contributed by atoms with E-state index in [9.17, 15) is 0 Å². The third-order valence-corrected chi connectivity index (χ3v) is 0.667. The van der Waals surface area contributed by atoms with Crippen molar-refractivity contribution in [1.29, 1.82) is 0 Å². The van der Waals surface area contributed by atoms with Crippen LogP contribution in [0.3, 0.4) is 0 Å². The predicted molar refractivity (Wildman–Crippen MR) is 49.1 cm³/mol. The number of rotatable bonds is 0. The Balaban J connectivity index is 0.000000180. The largest absolute Gasteiger partial charge is 0.249 e. The topological polar surface area (TPSA) is 3.24 Å². The second-order valence-corrected chi connectivity index (χ2v) is 3.36. The molecule has 0 heterocycles. The number of hydrogen-bond donors (Lipinski definition) is 0. The lowest BCUT2D eigenvalue weighted by Gasteiger charge is -1.86. The van der Waals surface area contributed by atoms with Gasteiger partial charge in [-0.2, -0.15) is 0 Å². The molecular weight excluding hydrogens is 190 g/mol. The minimum absolute atomic E-state index is 1.81. The van der Waals surface area contributed by atoms with E-state index in [1.54, 1.807) is 0 Å². The van der Waals surface area contributed by atoms with Gasteiger partial charge in [-0.3, -0.25) is 0 Å². The summed E-state index contributed by atoms with van der Waals surface area (Å²) in [6, 6.07) is 12.0. The molecule has 1 aromatic rings. The summed E-state index contributed by atoms with van der Waals surface area (Å²) in [6.07, 6.45) is 0. The molecule has 0 aliphatic rings. The van der Waals surface area contributed by atoms with E-state index < -0.39 is 0 Å². The molecule has 0 amide bonds. The van der Waals surface area contributed by atoms with Gasteiger partial charge in [0, 0.05) is 16.1 Å². The van der Waals surface area contributed by atoms with Crippen LogP contribution in [0.2, 0.25) is 0 Å². The average Bonchev–Trinajstić information content (AvgIpc) is 1.90. The Morgan fingerprint density at radius 2 is 0.900 bits per heavy atom. The highest BCUT2D eigenvalue weighted by Gasteiger charge is 1.61. The van der Waals surface area contributed by atoms with E-state index in [1.165, 1.54) is 0 Å². The summed E-state index contributed by atoms with van der Waals surface area (Å²) in [5.74, 6) is 0. The summed E-state index contributed by atoms with van der Waals surface area (Å²) in [5, 5.41) is 0. The van der Waals surface area contributed by atoms with Gasteiger partial charge in [0.05, 0.1) is 0 Å². The first-order chi connectivity index (χ1) is 4.73. The zero-order valence-corrected chi connectivity index (χ0v) is 7.88. The maximum absolute atomic E-state index is 3.10. The van der Waals surface area contributed by atoms with Crippen LogP contribution in [-0.4, -0.2) is 18.0 Å². The first-order valence-corrected chi connectivity index (χ1v) is 3.77. The molecule has 0 spiro atoms. The minimum atomic E-state index is 1.81. The molecule has 0 saturated heterocycles. The van der Waals surface area contributed by atoms with Gasteiger partial charge in [0.2, 0.25) is 0 Å². The summed E-state index contributed by atoms with van der Waals surface area (Å²) in [6.45, 7) is 0. The quantitative estimate of drug-likeness (QED) is 0.584. The zero-order chi connectivity index (χ0) is 7.82. The standard InChI is InChI=1S/C6H6.C2H6BrN/c1-2-4-6-5-3-1;1-4(2)3/h1-6H;1-2H3. The fourth-order valence-electron chi connectivity index (χ4n) is 0.385. The number of halogens is 1. The van der Waals surface area contributed by atoms with E-state index in [2.05, 4.69) is 16.1 Å². The van der Waals surface area contributed by atoms with E-state index in [-0.39, 0.29) is 0 Å². The van der Waals surface area contributed by atoms with Gasteiger partial charge in [0.1, 0.15) is 0 Å². The van der Waals surface area contributed by atoms with Gasteiger partial charge in [0.25, 0.3) is 0 Å². The molecule has 0 radical (unpaired) electrons. The van der Waals surface area contributed by atoms with Crippen LogP contribution >= 0.6 is 16.1 Å². The Morgan fingerprint density at radius 3 is 1.00 bits per heavy atom. The summed E-state index contributed by atoms with van der Waals surface area (Å²) in [5.41, 5.74) is 0. The first-order valence-electron chi connectivity index (χ1n) is 3.06. The summed E-state index contributed by atoms with van der Waals surface area (Å²) >= 11 is 3.10. The lowest BCUT2D eigenvalue weighted by molar-refractivity contribution is 0.729. The van der Waals surface area contributed by atoms with Crippen LogP contribution in [-0.2, 0) is 0 Å². The van der Waals surface area contributed by atoms with Crippen LogP contribution in [0.5, 0.6) is 0 Å². The Hall–Kier alpha value is -0.340. The van der Waals surface area contributed by atoms with Crippen LogP contribution in [0.4, 0.5) is 0 Å². The van der Waals surface area contributed by atoms with Crippen molar-refractivity contribution >= 4 is 16.1 Å². The number of hydrogen-bond acceptors (Lipinski definition) is 1. The molecule has 1 nitrogen and oxygen atoms in total. The van der Waals surface area contributed by atoms with Crippen LogP contribution in [0.25, 0.3) is 0 Å². The Morgan fingerprint density at radius 1 is 0.800 bits per heavy atom. The van der Waals surface area contributed by atoms with Crippen LogP contribution in [0.15, 0.2) is 36.4 Å². The highest BCUT2D eigenvalue weighted by atomic mass is 79.9. The molecule has 0 N–H and O–H groups in total. The van der Waals surface area contributed by atoms with Gasteiger partial charge in [-0.15, -0.1) is 0 Å². The van der Waals surface area contributed by atoms with Crippen LogP contribution in [0, 0.1) is 0 Å². The van der Waals surface area contributed by atoms with Crippen molar-refractivity contribution in [2.75, 3.05) is 14.1 Å². The number of nitrogens with zero attached hydrogens (tertiary/aromatic N) is 1. The van der Waals surface area contributed by atoms with Crippen molar-refractivity contribution in [2.45, 2.75) is 0 Å². The summed E-state index contributed by atoms with van der Waals surface area (Å²) < 4.78 is 1.81. The second-order valence-electron chi connectivity index (χ2n) is 1.94. The second kappa shape index (κ2) is 6.78. The molecule has 0 fully saturated rings. The molecule has 0 unspecified atom stereocenters. The van der Waals surface area contributed by atoms with Crippen LogP contribution in [0.1, 0.15) is 0 Å². The van der Waals surface area contributed by atoms with Crippen molar-refractivity contribution in [3.05, 3.63) is 36.4 Å². The maximum atomic E-state index is 3.10. The van der Waals surface area contributed by atoms with Crippen molar-refractivity contribution in [1.82, 2.24) is 3.93 Å². The normalized spacial score (nSPS) is 8.40. The molecule has 0 atom stereocenters. The van der Waals surface area contributed by atoms with Gasteiger partial charge >= 0.3 is 0 Å². The van der Waals surface area contributed by atoms with E-state index in [0.717, 1.165) is 0 Å². The Labute approximate surface area is 71.0 Å². The first kappa shape index (κ1) is 9.66. The van der Waals surface area contributed by atoms with Crippen molar-refractivity contribution in [3.8, 4) is 0 Å². The molecule has 1 rings (SSSR count). The molecule has 1 aromatic carbocycles. The van der Waals surface area contributed by atoms with Gasteiger partial charge in [-0.05, 0) is 14.1 Å². The lowest BCUT2D eigenvalue weighted by atomic mass is 10.4. The van der Waals surface area contributed by atoms with E-state index in [4.69, 9.17) is 0 Å². The van der Waals surface area contributed by atoms with E-state index in [1.807, 2.05) is 54.4 Å². The molecule has 0 aromatic heterocycles. The Kier molecular flexibility index (Phi) is 6.55. The highest BCUT2D eigenvalue weighted by Crippen LogP contribution is 1.80. The zero-order valence-electron chi connectivity index (χ0n) is 6.29. The SMILES string of the molecule is CN(C)Br.c1ccccc1. The van der Waals surface area contributed by atoms with E-state index in [0.29, 0.717) is 0 Å². The lowest BCUT2D eigenvalue weighted by Crippen LogP contribution is -1.88. The maximum Gasteiger partial charge on any atom is 0.0114 e. The Bertz CT molecular complexity index is 110. The fraction of sp³-hybridized carbons (Fsp3) is 0.250. The molecule has 2 heteroatoms. The minimum Gasteiger partial charge on any atom is -0.249 e. The molecule has 0 saturated carbocycles. The fourth-order valence-corrected chi connectivity index (χ4v) is 0.385. The van der Waals surface area contributed by atoms with Crippen molar-refractivity contribution < 1.29 is 0 Å². The molecule has 0 bridgehead atoms. The average molecular weight is 202 g/mol. The molecule has 10 heavy (non-hydrogen) atoms.